The first-order valence-corrected chi connectivity index (χ1v) is 6.39. The van der Waals surface area contributed by atoms with Crippen molar-refractivity contribution < 1.29 is 9.50 Å². The lowest BCUT2D eigenvalue weighted by atomic mass is 10.1. The van der Waals surface area contributed by atoms with Gasteiger partial charge in [0.2, 0.25) is 0 Å². The van der Waals surface area contributed by atoms with Crippen molar-refractivity contribution in [2.45, 2.75) is 45.2 Å². The molecule has 3 heteroatoms. The zero-order valence-electron chi connectivity index (χ0n) is 10.3. The average molecular weight is 237 g/mol. The highest BCUT2D eigenvalue weighted by molar-refractivity contribution is 5.33. The maximum absolute atomic E-state index is 13.2. The van der Waals surface area contributed by atoms with Crippen molar-refractivity contribution in [3.05, 3.63) is 29.6 Å². The Balaban J connectivity index is 2.10. The van der Waals surface area contributed by atoms with E-state index < -0.39 is 5.82 Å². The molecule has 0 bridgehead atoms. The number of rotatable bonds is 2. The number of nitrogens with zero attached hydrogens (tertiary/aromatic N) is 1. The second kappa shape index (κ2) is 5.50. The third-order valence-electron chi connectivity index (χ3n) is 3.63. The zero-order chi connectivity index (χ0) is 12.3. The second-order valence-corrected chi connectivity index (χ2v) is 4.92. The highest BCUT2D eigenvalue weighted by Crippen LogP contribution is 2.25. The minimum Gasteiger partial charge on any atom is -0.505 e. The molecule has 1 N–H and O–H groups in total. The second-order valence-electron chi connectivity index (χ2n) is 4.92. The third-order valence-corrected chi connectivity index (χ3v) is 3.63. The molecule has 0 spiro atoms. The van der Waals surface area contributed by atoms with Crippen molar-refractivity contribution in [1.82, 2.24) is 4.90 Å². The van der Waals surface area contributed by atoms with E-state index in [-0.39, 0.29) is 5.75 Å². The summed E-state index contributed by atoms with van der Waals surface area (Å²) in [5.41, 5.74) is 0.693. The molecule has 1 heterocycles. The summed E-state index contributed by atoms with van der Waals surface area (Å²) in [4.78, 5) is 2.33. The first kappa shape index (κ1) is 12.4. The molecule has 1 unspecified atom stereocenters. The fourth-order valence-electron chi connectivity index (χ4n) is 2.48. The van der Waals surface area contributed by atoms with Gasteiger partial charge in [0.05, 0.1) is 0 Å². The summed E-state index contributed by atoms with van der Waals surface area (Å²) in [7, 11) is 0. The number of aromatic hydroxyl groups is 1. The van der Waals surface area contributed by atoms with Crippen LogP contribution in [0.5, 0.6) is 5.75 Å². The molecule has 1 aromatic carbocycles. The van der Waals surface area contributed by atoms with Crippen LogP contribution in [0.2, 0.25) is 0 Å². The van der Waals surface area contributed by atoms with Crippen molar-refractivity contribution in [2.75, 3.05) is 6.54 Å². The van der Waals surface area contributed by atoms with Crippen LogP contribution in [0.15, 0.2) is 18.2 Å². The van der Waals surface area contributed by atoms with Gasteiger partial charge in [0.15, 0.2) is 11.6 Å². The largest absolute Gasteiger partial charge is 0.505 e. The van der Waals surface area contributed by atoms with E-state index in [0.717, 1.165) is 6.54 Å². The van der Waals surface area contributed by atoms with E-state index in [2.05, 4.69) is 11.8 Å². The summed E-state index contributed by atoms with van der Waals surface area (Å²) in [6.07, 6.45) is 4.93. The Morgan fingerprint density at radius 3 is 3.00 bits per heavy atom. The fourth-order valence-corrected chi connectivity index (χ4v) is 2.48. The van der Waals surface area contributed by atoms with E-state index in [1.54, 1.807) is 12.1 Å². The van der Waals surface area contributed by atoms with Crippen LogP contribution in [-0.2, 0) is 6.54 Å². The predicted molar refractivity (Wildman–Crippen MR) is 66.4 cm³/mol. The number of benzene rings is 1. The van der Waals surface area contributed by atoms with Gasteiger partial charge in [-0.05, 0) is 32.4 Å². The van der Waals surface area contributed by atoms with E-state index in [4.69, 9.17) is 0 Å². The normalized spacial score (nSPS) is 22.4. The summed E-state index contributed by atoms with van der Waals surface area (Å²) >= 11 is 0. The first-order valence-electron chi connectivity index (χ1n) is 6.39. The minimum absolute atomic E-state index is 0.191. The minimum atomic E-state index is -0.523. The number of phenols is 1. The van der Waals surface area contributed by atoms with Gasteiger partial charge >= 0.3 is 0 Å². The molecule has 0 saturated carbocycles. The van der Waals surface area contributed by atoms with Gasteiger partial charge < -0.3 is 5.11 Å². The van der Waals surface area contributed by atoms with Gasteiger partial charge in [-0.25, -0.2) is 4.39 Å². The molecule has 1 aromatic rings. The predicted octanol–water partition coefficient (Wildman–Crippen LogP) is 3.30. The number of halogens is 1. The van der Waals surface area contributed by atoms with Gasteiger partial charge in [-0.1, -0.05) is 25.0 Å². The van der Waals surface area contributed by atoms with Gasteiger partial charge in [0.25, 0.3) is 0 Å². The van der Waals surface area contributed by atoms with E-state index in [9.17, 15) is 9.50 Å². The third kappa shape index (κ3) is 2.97. The molecule has 0 aliphatic carbocycles. The smallest absolute Gasteiger partial charge is 0.165 e. The van der Waals surface area contributed by atoms with Crippen LogP contribution in [0.3, 0.4) is 0 Å². The topological polar surface area (TPSA) is 23.5 Å². The van der Waals surface area contributed by atoms with Crippen LogP contribution in [0.4, 0.5) is 4.39 Å². The zero-order valence-corrected chi connectivity index (χ0v) is 10.3. The Bertz CT molecular complexity index is 380. The Morgan fingerprint density at radius 2 is 2.18 bits per heavy atom. The monoisotopic (exact) mass is 237 g/mol. The highest BCUT2D eigenvalue weighted by atomic mass is 19.1. The molecular formula is C14H20FNO. The summed E-state index contributed by atoms with van der Waals surface area (Å²) in [5.74, 6) is -0.714. The van der Waals surface area contributed by atoms with Crippen LogP contribution in [0.25, 0.3) is 0 Å². The molecule has 1 saturated heterocycles. The first-order chi connectivity index (χ1) is 8.18. The molecule has 2 rings (SSSR count). The van der Waals surface area contributed by atoms with E-state index in [1.165, 1.54) is 31.7 Å². The van der Waals surface area contributed by atoms with Crippen LogP contribution in [0.1, 0.15) is 38.2 Å². The van der Waals surface area contributed by atoms with Crippen LogP contribution in [-0.4, -0.2) is 22.6 Å². The number of phenolic OH excluding ortho intramolecular Hbond substituents is 1. The van der Waals surface area contributed by atoms with Gasteiger partial charge in [-0.3, -0.25) is 4.90 Å². The molecular weight excluding hydrogens is 217 g/mol. The maximum atomic E-state index is 13.2. The molecule has 17 heavy (non-hydrogen) atoms. The van der Waals surface area contributed by atoms with Crippen molar-refractivity contribution in [1.29, 1.82) is 0 Å². The number of hydrogen-bond acceptors (Lipinski definition) is 2. The fraction of sp³-hybridized carbons (Fsp3) is 0.571. The van der Waals surface area contributed by atoms with E-state index in [1.807, 2.05) is 0 Å². The Morgan fingerprint density at radius 1 is 1.35 bits per heavy atom. The van der Waals surface area contributed by atoms with Crippen LogP contribution in [0, 0.1) is 5.82 Å². The lowest BCUT2D eigenvalue weighted by molar-refractivity contribution is 0.202. The lowest BCUT2D eigenvalue weighted by Gasteiger charge is -2.27. The van der Waals surface area contributed by atoms with Gasteiger partial charge in [-0.2, -0.15) is 0 Å². The van der Waals surface area contributed by atoms with E-state index in [0.29, 0.717) is 18.2 Å². The number of para-hydroxylation sites is 1. The van der Waals surface area contributed by atoms with Crippen LogP contribution >= 0.6 is 0 Å². The van der Waals surface area contributed by atoms with Crippen molar-refractivity contribution in [3.8, 4) is 5.75 Å². The quantitative estimate of drug-likeness (QED) is 0.853. The molecule has 0 amide bonds. The Hall–Kier alpha value is -1.09. The summed E-state index contributed by atoms with van der Waals surface area (Å²) < 4.78 is 13.2. The Labute approximate surface area is 102 Å². The van der Waals surface area contributed by atoms with Gasteiger partial charge in [0, 0.05) is 18.2 Å². The van der Waals surface area contributed by atoms with Crippen molar-refractivity contribution >= 4 is 0 Å². The molecule has 1 aliphatic rings. The molecule has 1 atom stereocenters. The lowest BCUT2D eigenvalue weighted by Crippen LogP contribution is -2.32. The Kier molecular flexibility index (Phi) is 4.00. The number of hydrogen-bond donors (Lipinski definition) is 1. The van der Waals surface area contributed by atoms with Gasteiger partial charge in [-0.15, -0.1) is 0 Å². The highest BCUT2D eigenvalue weighted by Gasteiger charge is 2.18. The average Bonchev–Trinajstić information content (AvgIpc) is 2.51. The van der Waals surface area contributed by atoms with Crippen molar-refractivity contribution in [2.24, 2.45) is 0 Å². The SMILES string of the molecule is CC1CCCCCN1Cc1cccc(F)c1O. The summed E-state index contributed by atoms with van der Waals surface area (Å²) in [6, 6.07) is 5.27. The summed E-state index contributed by atoms with van der Waals surface area (Å²) in [5, 5.41) is 9.68. The summed E-state index contributed by atoms with van der Waals surface area (Å²) in [6.45, 7) is 3.89. The standard InChI is InChI=1S/C14H20FNO/c1-11-6-3-2-4-9-16(11)10-12-7-5-8-13(15)14(12)17/h5,7-8,11,17H,2-4,6,9-10H2,1H3. The molecule has 94 valence electrons. The molecule has 0 aromatic heterocycles. The van der Waals surface area contributed by atoms with E-state index >= 15 is 0 Å². The molecule has 1 fully saturated rings. The van der Waals surface area contributed by atoms with Gasteiger partial charge in [0.1, 0.15) is 0 Å². The van der Waals surface area contributed by atoms with Crippen LogP contribution < -0.4 is 0 Å². The van der Waals surface area contributed by atoms with Crippen molar-refractivity contribution in [3.63, 3.8) is 0 Å². The molecule has 1 aliphatic heterocycles. The maximum Gasteiger partial charge on any atom is 0.165 e. The molecule has 2 nitrogen and oxygen atoms in total. The molecule has 0 radical (unpaired) electrons. The number of likely N-dealkylation sites (tertiary alicyclic amines) is 1.